The van der Waals surface area contributed by atoms with E-state index in [1.54, 1.807) is 23.3 Å². The van der Waals surface area contributed by atoms with Crippen molar-refractivity contribution in [2.75, 3.05) is 31.6 Å². The van der Waals surface area contributed by atoms with Crippen LogP contribution in [0.1, 0.15) is 54.0 Å². The maximum Gasteiger partial charge on any atom is 0.277 e. The lowest BCUT2D eigenvalue weighted by Gasteiger charge is -2.38. The molecule has 1 saturated carbocycles. The van der Waals surface area contributed by atoms with Crippen molar-refractivity contribution in [2.45, 2.75) is 43.7 Å². The Morgan fingerprint density at radius 2 is 1.71 bits per heavy atom. The molecule has 13 heteroatoms. The quantitative estimate of drug-likeness (QED) is 0.490. The lowest BCUT2D eigenvalue weighted by Crippen LogP contribution is -2.45. The molecular formula is C25H26F2N8O3. The molecular weight excluding hydrogens is 498 g/mol. The summed E-state index contributed by atoms with van der Waals surface area (Å²) in [6.45, 7) is 3.39. The second kappa shape index (κ2) is 10.5. The van der Waals surface area contributed by atoms with E-state index in [1.807, 2.05) is 0 Å². The molecule has 1 N–H and O–H groups in total. The Balaban J connectivity index is 1.24. The summed E-state index contributed by atoms with van der Waals surface area (Å²) in [6, 6.07) is 2.47. The first kappa shape index (κ1) is 24.5. The fourth-order valence-electron chi connectivity index (χ4n) is 5.18. The van der Waals surface area contributed by atoms with Gasteiger partial charge in [0.15, 0.2) is 11.5 Å². The van der Waals surface area contributed by atoms with Crippen LogP contribution in [0.2, 0.25) is 0 Å². The minimum atomic E-state index is -0.847. The highest BCUT2D eigenvalue weighted by molar-refractivity contribution is 6.04. The number of halogens is 2. The molecule has 38 heavy (non-hydrogen) atoms. The number of carbonyl (C=O) groups is 1. The van der Waals surface area contributed by atoms with Gasteiger partial charge in [-0.05, 0) is 37.8 Å². The van der Waals surface area contributed by atoms with Crippen molar-refractivity contribution in [3.8, 4) is 11.4 Å². The summed E-state index contributed by atoms with van der Waals surface area (Å²) in [6.07, 6.45) is 9.68. The number of oxazole rings is 1. The van der Waals surface area contributed by atoms with Crippen molar-refractivity contribution in [3.63, 3.8) is 0 Å². The van der Waals surface area contributed by atoms with Gasteiger partial charge in [0.1, 0.15) is 23.6 Å². The summed E-state index contributed by atoms with van der Waals surface area (Å²) in [5, 5.41) is 14.8. The van der Waals surface area contributed by atoms with Crippen molar-refractivity contribution in [2.24, 2.45) is 10.2 Å². The van der Waals surface area contributed by atoms with Gasteiger partial charge in [-0.25, -0.2) is 14.4 Å². The average molecular weight is 525 g/mol. The van der Waals surface area contributed by atoms with Crippen molar-refractivity contribution in [3.05, 3.63) is 47.9 Å². The third-order valence-corrected chi connectivity index (χ3v) is 7.18. The predicted molar refractivity (Wildman–Crippen MR) is 133 cm³/mol. The summed E-state index contributed by atoms with van der Waals surface area (Å²) >= 11 is 0. The largest absolute Gasteiger partial charge is 0.447 e. The number of amides is 1. The number of morpholine rings is 1. The highest BCUT2D eigenvalue weighted by Gasteiger charge is 2.30. The maximum absolute atomic E-state index is 14.7. The second-order valence-corrected chi connectivity index (χ2v) is 9.53. The van der Waals surface area contributed by atoms with Crippen LogP contribution in [0, 0.1) is 11.8 Å². The van der Waals surface area contributed by atoms with E-state index in [-0.39, 0.29) is 40.6 Å². The van der Waals surface area contributed by atoms with Crippen molar-refractivity contribution >= 4 is 24.0 Å². The molecule has 0 unspecified atom stereocenters. The predicted octanol–water partition coefficient (Wildman–Crippen LogP) is 3.43. The van der Waals surface area contributed by atoms with Crippen LogP contribution in [0.4, 0.5) is 14.5 Å². The number of anilines is 1. The third-order valence-electron chi connectivity index (χ3n) is 7.18. The Kier molecular flexibility index (Phi) is 6.77. The van der Waals surface area contributed by atoms with Gasteiger partial charge >= 0.3 is 0 Å². The van der Waals surface area contributed by atoms with Gasteiger partial charge in [0.25, 0.3) is 5.91 Å². The molecule has 3 aromatic rings. The lowest BCUT2D eigenvalue weighted by atomic mass is 9.90. The number of pyridine rings is 1. The van der Waals surface area contributed by atoms with Crippen LogP contribution >= 0.6 is 0 Å². The summed E-state index contributed by atoms with van der Waals surface area (Å²) in [5.41, 5.74) is -0.00774. The molecule has 3 aromatic heterocycles. The van der Waals surface area contributed by atoms with Gasteiger partial charge in [-0.15, -0.1) is 0 Å². The van der Waals surface area contributed by atoms with Gasteiger partial charge in [0.2, 0.25) is 11.8 Å². The molecule has 198 valence electrons. The number of nitrogens with zero attached hydrogens (tertiary/aromatic N) is 7. The molecule has 2 aliphatic heterocycles. The van der Waals surface area contributed by atoms with Crippen LogP contribution in [0.3, 0.4) is 0 Å². The Bertz CT molecular complexity index is 1360. The van der Waals surface area contributed by atoms with Gasteiger partial charge in [-0.3, -0.25) is 14.4 Å². The van der Waals surface area contributed by atoms with Crippen LogP contribution in [0.25, 0.3) is 11.4 Å². The number of nitrogens with one attached hydrogen (secondary N) is 1. The zero-order chi connectivity index (χ0) is 26.1. The molecule has 0 spiro atoms. The fourth-order valence-corrected chi connectivity index (χ4v) is 5.18. The minimum absolute atomic E-state index is 0.0195. The molecule has 11 nitrogen and oxygen atoms in total. The van der Waals surface area contributed by atoms with E-state index in [9.17, 15) is 13.6 Å². The Morgan fingerprint density at radius 1 is 0.974 bits per heavy atom. The van der Waals surface area contributed by atoms with Crippen LogP contribution in [-0.2, 0) is 4.74 Å². The van der Waals surface area contributed by atoms with Crippen LogP contribution in [0.5, 0.6) is 0 Å². The van der Waals surface area contributed by atoms with E-state index < -0.39 is 17.7 Å². The molecule has 2 fully saturated rings. The molecule has 0 aromatic carbocycles. The highest BCUT2D eigenvalue weighted by atomic mass is 19.1. The van der Waals surface area contributed by atoms with E-state index >= 15 is 0 Å². The van der Waals surface area contributed by atoms with Gasteiger partial charge in [0.05, 0.1) is 24.9 Å². The topological polar surface area (TPSA) is 123 Å². The van der Waals surface area contributed by atoms with Gasteiger partial charge in [-0.2, -0.15) is 19.7 Å². The first-order valence-corrected chi connectivity index (χ1v) is 12.6. The van der Waals surface area contributed by atoms with Crippen molar-refractivity contribution in [1.29, 1.82) is 0 Å². The van der Waals surface area contributed by atoms with E-state index in [4.69, 9.17) is 9.15 Å². The lowest BCUT2D eigenvalue weighted by molar-refractivity contribution is 0.00507. The molecule has 5 heterocycles. The monoisotopic (exact) mass is 524 g/mol. The van der Waals surface area contributed by atoms with Crippen molar-refractivity contribution in [1.82, 2.24) is 24.6 Å². The summed E-state index contributed by atoms with van der Waals surface area (Å²) in [7, 11) is 0. The smallest absolute Gasteiger partial charge is 0.277 e. The summed E-state index contributed by atoms with van der Waals surface area (Å²) < 4.78 is 41.3. The average Bonchev–Trinajstić information content (AvgIpc) is 3.72. The van der Waals surface area contributed by atoms with Gasteiger partial charge < -0.3 is 14.5 Å². The SMILES string of the molecule is O=C(Nc1cn(C2CCC(N3CCOCC3)CC2)nc1-c1nc(F)ccc1F)c1coc(C2C=NN=C2)n1. The molecule has 0 atom stereocenters. The molecule has 0 radical (unpaired) electrons. The number of hydrogen-bond donors (Lipinski definition) is 1. The van der Waals surface area contributed by atoms with E-state index in [0.717, 1.165) is 64.1 Å². The molecule has 6 rings (SSSR count). The molecule has 1 amide bonds. The molecule has 1 saturated heterocycles. The zero-order valence-electron chi connectivity index (χ0n) is 20.5. The third kappa shape index (κ3) is 4.98. The summed E-state index contributed by atoms with van der Waals surface area (Å²) in [5.74, 6) is -2.26. The minimum Gasteiger partial charge on any atom is -0.447 e. The first-order chi connectivity index (χ1) is 18.5. The molecule has 0 bridgehead atoms. The number of rotatable bonds is 6. The Morgan fingerprint density at radius 3 is 2.47 bits per heavy atom. The van der Waals surface area contributed by atoms with E-state index in [2.05, 4.69) is 35.5 Å². The Hall–Kier alpha value is -3.84. The van der Waals surface area contributed by atoms with Gasteiger partial charge in [0, 0.05) is 37.8 Å². The van der Waals surface area contributed by atoms with Crippen molar-refractivity contribution < 1.29 is 22.7 Å². The second-order valence-electron chi connectivity index (χ2n) is 9.53. The molecule has 3 aliphatic rings. The first-order valence-electron chi connectivity index (χ1n) is 12.6. The van der Waals surface area contributed by atoms with Crippen LogP contribution in [0.15, 0.2) is 39.2 Å². The number of carbonyl (C=O) groups excluding carboxylic acids is 1. The standard InChI is InChI=1S/C25H26F2N8O3/c26-18-5-6-21(27)32-22(18)23-19(30-24(36)20-14-38-25(31-20)15-11-28-29-12-15)13-35(33-23)17-3-1-16(2-4-17)34-7-9-37-10-8-34/h5-6,11-17H,1-4,7-10H2,(H,30,36). The fraction of sp³-hybridized carbons (Fsp3) is 0.440. The number of aromatic nitrogens is 4. The highest BCUT2D eigenvalue weighted by Crippen LogP contribution is 2.35. The number of ether oxygens (including phenoxy) is 1. The zero-order valence-corrected chi connectivity index (χ0v) is 20.5. The Labute approximate surface area is 216 Å². The normalized spacial score (nSPS) is 22.3. The van der Waals surface area contributed by atoms with E-state index in [1.165, 1.54) is 6.26 Å². The summed E-state index contributed by atoms with van der Waals surface area (Å²) in [4.78, 5) is 23.5. The molecule has 1 aliphatic carbocycles. The maximum atomic E-state index is 14.7. The van der Waals surface area contributed by atoms with Gasteiger partial charge in [-0.1, -0.05) is 0 Å². The van der Waals surface area contributed by atoms with Crippen LogP contribution in [-0.4, -0.2) is 75.3 Å². The number of hydrogen-bond acceptors (Lipinski definition) is 9. The van der Waals surface area contributed by atoms with E-state index in [0.29, 0.717) is 6.04 Å². The van der Waals surface area contributed by atoms with Crippen LogP contribution < -0.4 is 5.32 Å².